The largest absolute Gasteiger partial charge is 0.508 e. The molecule has 0 bridgehead atoms. The van der Waals surface area contributed by atoms with Crippen molar-refractivity contribution >= 4 is 23.4 Å². The van der Waals surface area contributed by atoms with E-state index in [9.17, 15) is 19.5 Å². The molecule has 0 unspecified atom stereocenters. The van der Waals surface area contributed by atoms with Gasteiger partial charge in [-0.15, -0.1) is 0 Å². The van der Waals surface area contributed by atoms with Gasteiger partial charge in [0.2, 0.25) is 11.8 Å². The Hall–Kier alpha value is -4.99. The number of rotatable bonds is 7. The lowest BCUT2D eigenvalue weighted by Gasteiger charge is -2.45. The van der Waals surface area contributed by atoms with Gasteiger partial charge in [-0.25, -0.2) is 0 Å². The van der Waals surface area contributed by atoms with Crippen molar-refractivity contribution in [3.63, 3.8) is 0 Å². The highest BCUT2D eigenvalue weighted by Crippen LogP contribution is 2.47. The monoisotopic (exact) mass is 723 g/mol. The van der Waals surface area contributed by atoms with Crippen LogP contribution < -0.4 is 15.5 Å². The number of carbonyl (C=O) groups excluding carboxylic acids is 3. The van der Waals surface area contributed by atoms with Crippen molar-refractivity contribution in [2.45, 2.75) is 68.4 Å². The number of imide groups is 1. The number of carbonyl (C=O) groups is 3. The van der Waals surface area contributed by atoms with Crippen molar-refractivity contribution in [3.8, 4) is 5.75 Å². The molecule has 9 heteroatoms. The Morgan fingerprint density at radius 3 is 2.30 bits per heavy atom. The van der Waals surface area contributed by atoms with Gasteiger partial charge in [-0.2, -0.15) is 0 Å². The van der Waals surface area contributed by atoms with Gasteiger partial charge in [0.15, 0.2) is 0 Å². The van der Waals surface area contributed by atoms with Crippen LogP contribution in [0.25, 0.3) is 0 Å². The number of amides is 3. The Morgan fingerprint density at radius 2 is 1.54 bits per heavy atom. The Balaban J connectivity index is 0.899. The molecular weight excluding hydrogens is 675 g/mol. The summed E-state index contributed by atoms with van der Waals surface area (Å²) in [5.41, 5.74) is 9.53. The van der Waals surface area contributed by atoms with Crippen LogP contribution in [0, 0.1) is 0 Å². The number of aryl methyl sites for hydroxylation is 1. The van der Waals surface area contributed by atoms with Crippen LogP contribution >= 0.6 is 0 Å². The van der Waals surface area contributed by atoms with Crippen molar-refractivity contribution in [2.24, 2.45) is 0 Å². The smallest absolute Gasteiger partial charge is 0.255 e. The fourth-order valence-corrected chi connectivity index (χ4v) is 10.1. The van der Waals surface area contributed by atoms with Gasteiger partial charge in [0.25, 0.3) is 5.91 Å². The number of nitrogens with zero attached hydrogens (tertiary/aromatic N) is 3. The number of phenols is 1. The fourth-order valence-electron chi connectivity index (χ4n) is 10.1. The van der Waals surface area contributed by atoms with E-state index in [1.807, 2.05) is 24.3 Å². The summed E-state index contributed by atoms with van der Waals surface area (Å²) in [7, 11) is 0. The zero-order valence-corrected chi connectivity index (χ0v) is 30.8. The lowest BCUT2D eigenvalue weighted by atomic mass is 9.68. The van der Waals surface area contributed by atoms with E-state index in [0.717, 1.165) is 82.7 Å². The average molecular weight is 724 g/mol. The third kappa shape index (κ3) is 6.47. The molecule has 0 aromatic heterocycles. The van der Waals surface area contributed by atoms with Gasteiger partial charge in [0, 0.05) is 68.3 Å². The molecular formula is C45H49N5O4. The number of nitrogens with one attached hydrogen (secondary N) is 2. The minimum atomic E-state index is -0.598. The topological polar surface area (TPSA) is 105 Å². The first-order valence-electron chi connectivity index (χ1n) is 19.8. The molecule has 4 aromatic carbocycles. The summed E-state index contributed by atoms with van der Waals surface area (Å²) >= 11 is 0. The molecule has 9 nitrogen and oxygen atoms in total. The maximum absolute atomic E-state index is 13.3. The van der Waals surface area contributed by atoms with Crippen LogP contribution in [0.2, 0.25) is 0 Å². The number of piperazine rings is 1. The molecule has 1 aliphatic carbocycles. The van der Waals surface area contributed by atoms with Crippen LogP contribution in [0.15, 0.2) is 91.0 Å². The second-order valence-corrected chi connectivity index (χ2v) is 16.1. The first kappa shape index (κ1) is 34.8. The number of hydrogen-bond acceptors (Lipinski definition) is 7. The molecule has 3 amide bonds. The average Bonchev–Trinajstić information content (AvgIpc) is 3.53. The first-order valence-corrected chi connectivity index (χ1v) is 19.8. The van der Waals surface area contributed by atoms with Crippen molar-refractivity contribution < 1.29 is 19.5 Å². The van der Waals surface area contributed by atoms with Gasteiger partial charge < -0.3 is 20.2 Å². The van der Waals surface area contributed by atoms with Gasteiger partial charge in [-0.05, 0) is 115 Å². The van der Waals surface area contributed by atoms with Crippen molar-refractivity contribution in [2.75, 3.05) is 50.7 Å². The molecule has 9 rings (SSSR count). The van der Waals surface area contributed by atoms with E-state index in [-0.39, 0.29) is 35.5 Å². The summed E-state index contributed by atoms with van der Waals surface area (Å²) in [6.07, 6.45) is 4.86. The number of benzene rings is 4. The highest BCUT2D eigenvalue weighted by molar-refractivity contribution is 6.05. The minimum Gasteiger partial charge on any atom is -0.508 e. The van der Waals surface area contributed by atoms with E-state index in [1.54, 1.807) is 4.90 Å². The molecule has 4 aromatic rings. The van der Waals surface area contributed by atoms with E-state index in [0.29, 0.717) is 30.2 Å². The second-order valence-electron chi connectivity index (χ2n) is 16.1. The number of fused-ring (bicyclic) bond motifs is 2. The van der Waals surface area contributed by atoms with Gasteiger partial charge in [-0.3, -0.25) is 24.6 Å². The van der Waals surface area contributed by atoms with Gasteiger partial charge in [0.1, 0.15) is 11.8 Å². The summed E-state index contributed by atoms with van der Waals surface area (Å²) in [6, 6.07) is 32.0. The molecule has 3 N–H and O–H groups in total. The van der Waals surface area contributed by atoms with E-state index < -0.39 is 6.04 Å². The van der Waals surface area contributed by atoms with Crippen LogP contribution in [-0.2, 0) is 28.0 Å². The number of piperidine rings is 2. The highest BCUT2D eigenvalue weighted by atomic mass is 16.3. The van der Waals surface area contributed by atoms with Crippen LogP contribution in [0.4, 0.5) is 5.69 Å². The molecule has 4 aliphatic heterocycles. The molecule has 4 heterocycles. The SMILES string of the molecule is O=C1CC[C@@H](N2Cc3cc(N4CCN(CC5(c6ccc([C@@H]7c8ccc(O)cc8CC[C@@H]7c7ccccc7)cc6)CCNCC5)CC4)ccc3C2=O)C(=O)N1. The minimum absolute atomic E-state index is 0.0778. The summed E-state index contributed by atoms with van der Waals surface area (Å²) in [4.78, 5) is 44.2. The molecule has 0 saturated carbocycles. The van der Waals surface area contributed by atoms with Crippen LogP contribution in [0.5, 0.6) is 5.75 Å². The van der Waals surface area contributed by atoms with Crippen LogP contribution in [0.1, 0.15) is 87.7 Å². The quantitative estimate of drug-likeness (QED) is 0.218. The summed E-state index contributed by atoms with van der Waals surface area (Å²) < 4.78 is 0. The van der Waals surface area contributed by atoms with E-state index in [4.69, 9.17) is 0 Å². The van der Waals surface area contributed by atoms with Gasteiger partial charge in [0.05, 0.1) is 0 Å². The third-order valence-corrected chi connectivity index (χ3v) is 13.0. The fraction of sp³-hybridized carbons (Fsp3) is 0.400. The molecule has 54 heavy (non-hydrogen) atoms. The van der Waals surface area contributed by atoms with Crippen molar-refractivity contribution in [3.05, 3.63) is 130 Å². The molecule has 5 aliphatic rings. The first-order chi connectivity index (χ1) is 26.3. The van der Waals surface area contributed by atoms with E-state index in [2.05, 4.69) is 87.2 Å². The molecule has 278 valence electrons. The van der Waals surface area contributed by atoms with Crippen LogP contribution in [-0.4, -0.2) is 84.5 Å². The van der Waals surface area contributed by atoms with Gasteiger partial charge in [-0.1, -0.05) is 60.7 Å². The standard InChI is InChI=1S/C45H49N5O4/c51-36-12-15-38-32(27-36)8-13-37(30-4-2-1-3-5-30)42(38)31-6-9-34(10-7-31)45(18-20-46-21-19-45)29-48-22-24-49(25-23-48)35-11-14-39-33(26-35)28-50(44(39)54)40-16-17-41(52)47-43(40)53/h1-7,9-12,14-15,26-27,37,40,42,46,51H,8,13,16-25,28-29H2,(H,47,52,53)/t37-,40-,42+/m1/s1. The molecule has 3 saturated heterocycles. The predicted octanol–water partition coefficient (Wildman–Crippen LogP) is 5.46. The molecule has 0 radical (unpaired) electrons. The summed E-state index contributed by atoms with van der Waals surface area (Å²) in [5, 5.41) is 16.3. The van der Waals surface area contributed by atoms with E-state index >= 15 is 0 Å². The Kier molecular flexibility index (Phi) is 9.23. The predicted molar refractivity (Wildman–Crippen MR) is 209 cm³/mol. The third-order valence-electron chi connectivity index (χ3n) is 13.0. The summed E-state index contributed by atoms with van der Waals surface area (Å²) in [5.74, 6) is 0.189. The Labute approximate surface area is 317 Å². The molecule has 3 atom stereocenters. The number of phenolic OH excluding ortho intramolecular Hbond substituents is 1. The summed E-state index contributed by atoms with van der Waals surface area (Å²) in [6.45, 7) is 7.21. The highest BCUT2D eigenvalue weighted by Gasteiger charge is 2.40. The Morgan fingerprint density at radius 1 is 0.759 bits per heavy atom. The van der Waals surface area contributed by atoms with E-state index in [1.165, 1.54) is 27.8 Å². The maximum Gasteiger partial charge on any atom is 0.255 e. The zero-order valence-electron chi connectivity index (χ0n) is 30.8. The van der Waals surface area contributed by atoms with Gasteiger partial charge >= 0.3 is 0 Å². The molecule has 3 fully saturated rings. The number of hydrogen-bond donors (Lipinski definition) is 3. The van der Waals surface area contributed by atoms with Crippen LogP contribution in [0.3, 0.4) is 0 Å². The Bertz CT molecular complexity index is 2050. The zero-order chi connectivity index (χ0) is 36.8. The second kappa shape index (κ2) is 14.3. The lowest BCUT2D eigenvalue weighted by molar-refractivity contribution is -0.136. The molecule has 0 spiro atoms. The van der Waals surface area contributed by atoms with Crippen molar-refractivity contribution in [1.29, 1.82) is 0 Å². The number of anilines is 1. The number of aromatic hydroxyl groups is 1. The van der Waals surface area contributed by atoms with Crippen molar-refractivity contribution in [1.82, 2.24) is 20.4 Å². The normalized spacial score (nSPS) is 24.2. The maximum atomic E-state index is 13.3. The lowest BCUT2D eigenvalue weighted by Crippen LogP contribution is -2.53.